The standard InChI is InChI=1S/C15H19NO4/c17-13-6-12-8-16(10-15(12,19)7-13)14(18)20-9-11-4-2-1-3-5-11/h1-5,12-13,17,19H,6-10H2/t12-,13-,15-/m1/s1. The molecule has 5 nitrogen and oxygen atoms in total. The molecule has 1 saturated heterocycles. The number of aliphatic hydroxyl groups excluding tert-OH is 1. The Morgan fingerprint density at radius 1 is 1.40 bits per heavy atom. The number of benzene rings is 1. The van der Waals surface area contributed by atoms with Crippen molar-refractivity contribution in [2.24, 2.45) is 5.92 Å². The van der Waals surface area contributed by atoms with Gasteiger partial charge in [-0.05, 0) is 12.0 Å². The third kappa shape index (κ3) is 2.51. The van der Waals surface area contributed by atoms with Crippen LogP contribution < -0.4 is 0 Å². The topological polar surface area (TPSA) is 70.0 Å². The fourth-order valence-corrected chi connectivity index (χ4v) is 3.25. The smallest absolute Gasteiger partial charge is 0.410 e. The zero-order valence-corrected chi connectivity index (χ0v) is 11.2. The number of β-amino-alcohol motifs (C(OH)–C–C–N with tert-alkyl or cyclic N) is 1. The SMILES string of the molecule is O=C(OCc1ccccc1)N1C[C@H]2C[C@@H](O)C[C@@]2(O)C1. The Kier molecular flexibility index (Phi) is 3.40. The maximum atomic E-state index is 12.0. The van der Waals surface area contributed by atoms with Crippen molar-refractivity contribution in [3.8, 4) is 0 Å². The summed E-state index contributed by atoms with van der Waals surface area (Å²) < 4.78 is 5.26. The number of carbonyl (C=O) groups excluding carboxylic acids is 1. The molecule has 20 heavy (non-hydrogen) atoms. The average molecular weight is 277 g/mol. The molecular weight excluding hydrogens is 258 g/mol. The molecule has 1 aliphatic heterocycles. The molecule has 1 amide bonds. The van der Waals surface area contributed by atoms with Crippen LogP contribution in [0, 0.1) is 5.92 Å². The Morgan fingerprint density at radius 2 is 2.15 bits per heavy atom. The monoisotopic (exact) mass is 277 g/mol. The number of aliphatic hydroxyl groups is 2. The molecule has 0 unspecified atom stereocenters. The Labute approximate surface area is 117 Å². The van der Waals surface area contributed by atoms with Gasteiger partial charge in [0.25, 0.3) is 0 Å². The molecule has 0 radical (unpaired) electrons. The zero-order valence-electron chi connectivity index (χ0n) is 11.2. The lowest BCUT2D eigenvalue weighted by Gasteiger charge is -2.21. The van der Waals surface area contributed by atoms with E-state index in [9.17, 15) is 15.0 Å². The molecular formula is C15H19NO4. The number of carbonyl (C=O) groups is 1. The second-order valence-corrected chi connectivity index (χ2v) is 5.81. The van der Waals surface area contributed by atoms with E-state index in [0.29, 0.717) is 19.4 Å². The van der Waals surface area contributed by atoms with Crippen molar-refractivity contribution < 1.29 is 19.7 Å². The fraction of sp³-hybridized carbons (Fsp3) is 0.533. The summed E-state index contributed by atoms with van der Waals surface area (Å²) in [4.78, 5) is 13.5. The van der Waals surface area contributed by atoms with Crippen LogP contribution in [0.1, 0.15) is 18.4 Å². The number of nitrogens with zero attached hydrogens (tertiary/aromatic N) is 1. The van der Waals surface area contributed by atoms with Crippen molar-refractivity contribution in [3.05, 3.63) is 35.9 Å². The summed E-state index contributed by atoms with van der Waals surface area (Å²) in [6, 6.07) is 9.50. The van der Waals surface area contributed by atoms with Gasteiger partial charge in [-0.3, -0.25) is 0 Å². The van der Waals surface area contributed by atoms with Crippen LogP contribution in [0.2, 0.25) is 0 Å². The summed E-state index contributed by atoms with van der Waals surface area (Å²) in [6.07, 6.45) is 0.0534. The Balaban J connectivity index is 1.55. The summed E-state index contributed by atoms with van der Waals surface area (Å²) in [5, 5.41) is 20.0. The molecule has 0 bridgehead atoms. The largest absolute Gasteiger partial charge is 0.445 e. The molecule has 1 aromatic rings. The molecule has 1 aliphatic carbocycles. The molecule has 0 spiro atoms. The number of rotatable bonds is 2. The first-order chi connectivity index (χ1) is 9.57. The van der Waals surface area contributed by atoms with Crippen molar-refractivity contribution in [2.45, 2.75) is 31.2 Å². The van der Waals surface area contributed by atoms with Gasteiger partial charge in [-0.2, -0.15) is 0 Å². The number of amides is 1. The lowest BCUT2D eigenvalue weighted by molar-refractivity contribution is 0.0177. The summed E-state index contributed by atoms with van der Waals surface area (Å²) in [6.45, 7) is 0.950. The van der Waals surface area contributed by atoms with Gasteiger partial charge in [0.2, 0.25) is 0 Å². The van der Waals surface area contributed by atoms with E-state index in [4.69, 9.17) is 4.74 Å². The van der Waals surface area contributed by atoms with Crippen LogP contribution in [0.25, 0.3) is 0 Å². The van der Waals surface area contributed by atoms with Gasteiger partial charge in [0, 0.05) is 18.9 Å². The average Bonchev–Trinajstić information content (AvgIpc) is 2.87. The number of likely N-dealkylation sites (tertiary alicyclic amines) is 1. The van der Waals surface area contributed by atoms with Crippen molar-refractivity contribution in [2.75, 3.05) is 13.1 Å². The highest BCUT2D eigenvalue weighted by Crippen LogP contribution is 2.41. The van der Waals surface area contributed by atoms with Gasteiger partial charge in [0.1, 0.15) is 6.61 Å². The van der Waals surface area contributed by atoms with E-state index in [1.165, 1.54) is 0 Å². The summed E-state index contributed by atoms with van der Waals surface area (Å²) >= 11 is 0. The molecule has 1 saturated carbocycles. The van der Waals surface area contributed by atoms with Crippen LogP contribution in [0.3, 0.4) is 0 Å². The molecule has 108 valence electrons. The number of hydrogen-bond donors (Lipinski definition) is 2. The van der Waals surface area contributed by atoms with Crippen molar-refractivity contribution >= 4 is 6.09 Å². The molecule has 2 fully saturated rings. The van der Waals surface area contributed by atoms with Gasteiger partial charge in [-0.1, -0.05) is 30.3 Å². The minimum absolute atomic E-state index is 0.0400. The highest BCUT2D eigenvalue weighted by molar-refractivity contribution is 5.68. The third-order valence-corrected chi connectivity index (χ3v) is 4.27. The highest BCUT2D eigenvalue weighted by atomic mass is 16.6. The van der Waals surface area contributed by atoms with Gasteiger partial charge < -0.3 is 19.8 Å². The lowest BCUT2D eigenvalue weighted by atomic mass is 9.95. The Bertz CT molecular complexity index is 492. The minimum atomic E-state index is -0.939. The van der Waals surface area contributed by atoms with E-state index < -0.39 is 17.8 Å². The fourth-order valence-electron chi connectivity index (χ4n) is 3.25. The zero-order chi connectivity index (χ0) is 14.2. The minimum Gasteiger partial charge on any atom is -0.445 e. The van der Waals surface area contributed by atoms with Crippen molar-refractivity contribution in [1.82, 2.24) is 4.90 Å². The van der Waals surface area contributed by atoms with Crippen LogP contribution in [-0.4, -0.2) is 46.0 Å². The van der Waals surface area contributed by atoms with E-state index in [1.54, 1.807) is 4.90 Å². The van der Waals surface area contributed by atoms with Gasteiger partial charge in [0.15, 0.2) is 0 Å². The van der Waals surface area contributed by atoms with E-state index >= 15 is 0 Å². The quantitative estimate of drug-likeness (QED) is 0.850. The number of ether oxygens (including phenoxy) is 1. The summed E-state index contributed by atoms with van der Waals surface area (Å²) in [7, 11) is 0. The predicted molar refractivity (Wildman–Crippen MR) is 71.9 cm³/mol. The Morgan fingerprint density at radius 3 is 2.85 bits per heavy atom. The van der Waals surface area contributed by atoms with Crippen LogP contribution in [-0.2, 0) is 11.3 Å². The molecule has 1 heterocycles. The van der Waals surface area contributed by atoms with Crippen LogP contribution in [0.4, 0.5) is 4.79 Å². The number of fused-ring (bicyclic) bond motifs is 1. The van der Waals surface area contributed by atoms with E-state index in [1.807, 2.05) is 30.3 Å². The normalized spacial score (nSPS) is 32.2. The maximum Gasteiger partial charge on any atom is 0.410 e. The lowest BCUT2D eigenvalue weighted by Crippen LogP contribution is -2.37. The first-order valence-corrected chi connectivity index (χ1v) is 6.93. The van der Waals surface area contributed by atoms with Crippen molar-refractivity contribution in [3.63, 3.8) is 0 Å². The molecule has 0 aromatic heterocycles. The molecule has 5 heteroatoms. The first kappa shape index (κ1) is 13.4. The van der Waals surface area contributed by atoms with Gasteiger partial charge in [-0.15, -0.1) is 0 Å². The van der Waals surface area contributed by atoms with Crippen molar-refractivity contribution in [1.29, 1.82) is 0 Å². The predicted octanol–water partition coefficient (Wildman–Crippen LogP) is 1.14. The molecule has 3 rings (SSSR count). The molecule has 2 N–H and O–H groups in total. The highest BCUT2D eigenvalue weighted by Gasteiger charge is 2.53. The second kappa shape index (κ2) is 5.07. The molecule has 1 aromatic carbocycles. The van der Waals surface area contributed by atoms with E-state index in [-0.39, 0.29) is 19.1 Å². The second-order valence-electron chi connectivity index (χ2n) is 5.81. The summed E-state index contributed by atoms with van der Waals surface area (Å²) in [5.74, 6) is -0.0400. The van der Waals surface area contributed by atoms with Crippen LogP contribution >= 0.6 is 0 Å². The third-order valence-electron chi connectivity index (χ3n) is 4.27. The number of hydrogen-bond acceptors (Lipinski definition) is 4. The van der Waals surface area contributed by atoms with Gasteiger partial charge >= 0.3 is 6.09 Å². The van der Waals surface area contributed by atoms with Crippen LogP contribution in [0.5, 0.6) is 0 Å². The summed E-state index contributed by atoms with van der Waals surface area (Å²) in [5.41, 5.74) is -0.0000658. The van der Waals surface area contributed by atoms with Gasteiger partial charge in [-0.25, -0.2) is 4.79 Å². The first-order valence-electron chi connectivity index (χ1n) is 6.93. The molecule has 3 atom stereocenters. The van der Waals surface area contributed by atoms with E-state index in [2.05, 4.69) is 0 Å². The maximum absolute atomic E-state index is 12.0. The molecule has 2 aliphatic rings. The van der Waals surface area contributed by atoms with Crippen LogP contribution in [0.15, 0.2) is 30.3 Å². The Hall–Kier alpha value is -1.59. The van der Waals surface area contributed by atoms with Gasteiger partial charge in [0.05, 0.1) is 18.2 Å². The van der Waals surface area contributed by atoms with E-state index in [0.717, 1.165) is 5.56 Å².